The molecule has 20 heavy (non-hydrogen) atoms. The van der Waals surface area contributed by atoms with Crippen molar-refractivity contribution < 1.29 is 0 Å². The van der Waals surface area contributed by atoms with Gasteiger partial charge in [-0.2, -0.15) is 0 Å². The summed E-state index contributed by atoms with van der Waals surface area (Å²) in [6.07, 6.45) is 5.31. The molecule has 2 heterocycles. The van der Waals surface area contributed by atoms with Gasteiger partial charge in [0.05, 0.1) is 10.4 Å². The Labute approximate surface area is 134 Å². The smallest absolute Gasteiger partial charge is 0.157 e. The molecule has 0 radical (unpaired) electrons. The Morgan fingerprint density at radius 1 is 1.50 bits per heavy atom. The van der Waals surface area contributed by atoms with Crippen molar-refractivity contribution in [2.75, 3.05) is 5.75 Å². The zero-order valence-electron chi connectivity index (χ0n) is 12.0. The number of amidine groups is 1. The summed E-state index contributed by atoms with van der Waals surface area (Å²) in [5, 5.41) is 4.85. The van der Waals surface area contributed by atoms with Crippen molar-refractivity contribution in [2.45, 2.75) is 51.1 Å². The number of hydrogen-bond acceptors (Lipinski definition) is 3. The van der Waals surface area contributed by atoms with Crippen LogP contribution in [0.1, 0.15) is 50.4 Å². The SMILES string of the molecule is CC1CCCC2(CSC(=NC(C)c3ccc(Cl)s3)N2)C1. The lowest BCUT2D eigenvalue weighted by Gasteiger charge is -2.36. The number of nitrogens with zero attached hydrogens (tertiary/aromatic N) is 1. The van der Waals surface area contributed by atoms with Gasteiger partial charge in [0.2, 0.25) is 0 Å². The van der Waals surface area contributed by atoms with Crippen LogP contribution in [0.3, 0.4) is 0 Å². The molecule has 3 atom stereocenters. The largest absolute Gasteiger partial charge is 0.359 e. The number of thiophene rings is 1. The third kappa shape index (κ3) is 3.18. The summed E-state index contributed by atoms with van der Waals surface area (Å²) in [7, 11) is 0. The van der Waals surface area contributed by atoms with Crippen LogP contribution in [0.5, 0.6) is 0 Å². The number of rotatable bonds is 2. The fraction of sp³-hybridized carbons (Fsp3) is 0.667. The molecular weight excluding hydrogens is 308 g/mol. The normalized spacial score (nSPS) is 33.5. The predicted molar refractivity (Wildman–Crippen MR) is 91.1 cm³/mol. The van der Waals surface area contributed by atoms with Crippen LogP contribution in [-0.4, -0.2) is 16.5 Å². The Morgan fingerprint density at radius 2 is 2.35 bits per heavy atom. The molecule has 2 fully saturated rings. The number of halogens is 1. The highest BCUT2D eigenvalue weighted by Gasteiger charge is 2.40. The Hall–Kier alpha value is -0.190. The third-order valence-corrected chi connectivity index (χ3v) is 6.84. The lowest BCUT2D eigenvalue weighted by molar-refractivity contribution is 0.242. The predicted octanol–water partition coefficient (Wildman–Crippen LogP) is 5.10. The molecule has 1 N–H and O–H groups in total. The maximum Gasteiger partial charge on any atom is 0.157 e. The van der Waals surface area contributed by atoms with E-state index in [1.807, 2.05) is 17.8 Å². The molecule has 0 bridgehead atoms. The van der Waals surface area contributed by atoms with Gasteiger partial charge in [0, 0.05) is 16.2 Å². The Bertz CT molecular complexity index is 514. The zero-order valence-corrected chi connectivity index (χ0v) is 14.4. The molecule has 1 aliphatic carbocycles. The third-order valence-electron chi connectivity index (χ3n) is 4.27. The van der Waals surface area contributed by atoms with Crippen molar-refractivity contribution in [3.05, 3.63) is 21.3 Å². The van der Waals surface area contributed by atoms with Crippen molar-refractivity contribution in [1.82, 2.24) is 5.32 Å². The van der Waals surface area contributed by atoms with Crippen molar-refractivity contribution in [1.29, 1.82) is 0 Å². The van der Waals surface area contributed by atoms with E-state index in [4.69, 9.17) is 16.6 Å². The molecule has 1 saturated heterocycles. The number of hydrogen-bond donors (Lipinski definition) is 1. The van der Waals surface area contributed by atoms with Crippen LogP contribution in [0.2, 0.25) is 4.34 Å². The van der Waals surface area contributed by atoms with Gasteiger partial charge in [-0.15, -0.1) is 11.3 Å². The van der Waals surface area contributed by atoms with Gasteiger partial charge < -0.3 is 5.32 Å². The number of nitrogens with one attached hydrogen (secondary N) is 1. The standard InChI is InChI=1S/C15H21ClN2S2/c1-10-4-3-7-15(8-10)9-19-14(18-15)17-11(2)12-5-6-13(16)20-12/h5-6,10-11H,3-4,7-9H2,1-2H3,(H,17,18). The average Bonchev–Trinajstić information content (AvgIpc) is 2.97. The van der Waals surface area contributed by atoms with Crippen LogP contribution in [0.15, 0.2) is 17.1 Å². The summed E-state index contributed by atoms with van der Waals surface area (Å²) < 4.78 is 0.844. The summed E-state index contributed by atoms with van der Waals surface area (Å²) in [4.78, 5) is 6.09. The quantitative estimate of drug-likeness (QED) is 0.816. The van der Waals surface area contributed by atoms with Crippen molar-refractivity contribution in [3.8, 4) is 0 Å². The molecule has 1 aliphatic heterocycles. The first-order chi connectivity index (χ1) is 9.56. The van der Waals surface area contributed by atoms with Crippen LogP contribution >= 0.6 is 34.7 Å². The van der Waals surface area contributed by atoms with Crippen molar-refractivity contribution in [2.24, 2.45) is 10.9 Å². The maximum absolute atomic E-state index is 6.00. The van der Waals surface area contributed by atoms with Crippen LogP contribution in [0, 0.1) is 5.92 Å². The molecule has 1 spiro atoms. The van der Waals surface area contributed by atoms with E-state index < -0.39 is 0 Å². The molecular formula is C15H21ClN2S2. The van der Waals surface area contributed by atoms with Crippen LogP contribution in [0.25, 0.3) is 0 Å². The van der Waals surface area contributed by atoms with Gasteiger partial charge in [-0.3, -0.25) is 4.99 Å². The molecule has 1 saturated carbocycles. The summed E-state index contributed by atoms with van der Waals surface area (Å²) in [5.41, 5.74) is 0.313. The highest BCUT2D eigenvalue weighted by Crippen LogP contribution is 2.39. The van der Waals surface area contributed by atoms with Gasteiger partial charge in [0.1, 0.15) is 0 Å². The van der Waals surface area contributed by atoms with Gasteiger partial charge in [0.25, 0.3) is 0 Å². The lowest BCUT2D eigenvalue weighted by Crippen LogP contribution is -2.47. The Kier molecular flexibility index (Phi) is 4.34. The maximum atomic E-state index is 6.00. The monoisotopic (exact) mass is 328 g/mol. The Morgan fingerprint density at radius 3 is 3.05 bits per heavy atom. The first kappa shape index (κ1) is 14.7. The van der Waals surface area contributed by atoms with Crippen LogP contribution < -0.4 is 5.32 Å². The average molecular weight is 329 g/mol. The first-order valence-electron chi connectivity index (χ1n) is 7.30. The zero-order chi connectivity index (χ0) is 14.2. The summed E-state index contributed by atoms with van der Waals surface area (Å²) in [6.45, 7) is 4.52. The van der Waals surface area contributed by atoms with Crippen LogP contribution in [0.4, 0.5) is 0 Å². The van der Waals surface area contributed by atoms with Crippen molar-refractivity contribution >= 4 is 39.9 Å². The molecule has 5 heteroatoms. The number of aliphatic imine (C=N–C) groups is 1. The molecule has 2 nitrogen and oxygen atoms in total. The minimum absolute atomic E-state index is 0.193. The summed E-state index contributed by atoms with van der Waals surface area (Å²) >= 11 is 9.52. The van der Waals surface area contributed by atoms with Crippen LogP contribution in [-0.2, 0) is 0 Å². The second kappa shape index (κ2) is 5.90. The minimum Gasteiger partial charge on any atom is -0.359 e. The molecule has 1 aromatic rings. The van der Waals surface area contributed by atoms with E-state index in [-0.39, 0.29) is 6.04 Å². The summed E-state index contributed by atoms with van der Waals surface area (Å²) in [6, 6.07) is 4.23. The second-order valence-corrected chi connectivity index (χ2v) is 8.86. The van der Waals surface area contributed by atoms with E-state index in [1.54, 1.807) is 11.3 Å². The topological polar surface area (TPSA) is 24.4 Å². The molecule has 110 valence electrons. The molecule has 1 aromatic heterocycles. The lowest BCUT2D eigenvalue weighted by atomic mass is 9.78. The van der Waals surface area contributed by atoms with E-state index in [0.717, 1.165) is 15.4 Å². The highest BCUT2D eigenvalue weighted by atomic mass is 35.5. The van der Waals surface area contributed by atoms with Gasteiger partial charge in [0.15, 0.2) is 5.17 Å². The number of thioether (sulfide) groups is 1. The van der Waals surface area contributed by atoms with E-state index >= 15 is 0 Å². The van der Waals surface area contributed by atoms with E-state index in [9.17, 15) is 0 Å². The molecule has 0 aromatic carbocycles. The van der Waals surface area contributed by atoms with E-state index in [0.29, 0.717) is 5.54 Å². The van der Waals surface area contributed by atoms with Gasteiger partial charge in [-0.1, -0.05) is 43.1 Å². The fourth-order valence-electron chi connectivity index (χ4n) is 3.27. The summed E-state index contributed by atoms with van der Waals surface area (Å²) in [5.74, 6) is 2.01. The van der Waals surface area contributed by atoms with Gasteiger partial charge in [-0.25, -0.2) is 0 Å². The molecule has 2 aliphatic rings. The van der Waals surface area contributed by atoms with Crippen molar-refractivity contribution in [3.63, 3.8) is 0 Å². The van der Waals surface area contributed by atoms with E-state index in [1.165, 1.54) is 36.3 Å². The molecule has 3 rings (SSSR count). The van der Waals surface area contributed by atoms with Gasteiger partial charge in [-0.05, 0) is 37.8 Å². The first-order valence-corrected chi connectivity index (χ1v) is 9.48. The highest BCUT2D eigenvalue weighted by molar-refractivity contribution is 8.14. The fourth-order valence-corrected chi connectivity index (χ4v) is 5.59. The molecule has 3 unspecified atom stereocenters. The minimum atomic E-state index is 0.193. The molecule has 0 amide bonds. The van der Waals surface area contributed by atoms with E-state index in [2.05, 4.69) is 25.2 Å². The van der Waals surface area contributed by atoms with Gasteiger partial charge >= 0.3 is 0 Å². The second-order valence-electron chi connectivity index (χ2n) is 6.15. The Balaban J connectivity index is 1.68.